The van der Waals surface area contributed by atoms with E-state index in [-0.39, 0.29) is 11.9 Å². The predicted octanol–water partition coefficient (Wildman–Crippen LogP) is 2.60. The lowest BCUT2D eigenvalue weighted by Crippen LogP contribution is -2.63. The van der Waals surface area contributed by atoms with Gasteiger partial charge in [0.05, 0.1) is 6.10 Å². The zero-order chi connectivity index (χ0) is 16.0. The zero-order valence-corrected chi connectivity index (χ0v) is 14.1. The van der Waals surface area contributed by atoms with Crippen LogP contribution in [0, 0.1) is 24.7 Å². The number of fused-ring (bicyclic) bond motifs is 1. The standard InChI is InChI=1S/C18H27N3O2/c1-3-13-10(2)15(21-20-13)18(22)19-16-12-8-9-23-17(12)14(16)11-6-4-5-7-11/h11-12,14,16-17H,3-9H2,1-2H3,(H,19,22)(H,20,21)/t12-,14+,16+,17-/m1/s1. The Morgan fingerprint density at radius 3 is 2.83 bits per heavy atom. The third-order valence-corrected chi connectivity index (χ3v) is 6.36. The summed E-state index contributed by atoms with van der Waals surface area (Å²) >= 11 is 0. The van der Waals surface area contributed by atoms with Gasteiger partial charge in [-0.05, 0) is 25.7 Å². The minimum Gasteiger partial charge on any atom is -0.377 e. The molecule has 5 heteroatoms. The predicted molar refractivity (Wildman–Crippen MR) is 87.3 cm³/mol. The summed E-state index contributed by atoms with van der Waals surface area (Å²) in [7, 11) is 0. The van der Waals surface area contributed by atoms with Crippen LogP contribution in [0.15, 0.2) is 0 Å². The Bertz CT molecular complexity index is 586. The highest BCUT2D eigenvalue weighted by Crippen LogP contribution is 2.51. The highest BCUT2D eigenvalue weighted by Gasteiger charge is 2.57. The number of hydrogen-bond donors (Lipinski definition) is 2. The molecule has 1 aromatic heterocycles. The number of hydrogen-bond acceptors (Lipinski definition) is 3. The van der Waals surface area contributed by atoms with Crippen molar-refractivity contribution in [3.63, 3.8) is 0 Å². The third kappa shape index (κ3) is 2.40. The monoisotopic (exact) mass is 317 g/mol. The van der Waals surface area contributed by atoms with E-state index in [0.29, 0.717) is 23.6 Å². The highest BCUT2D eigenvalue weighted by atomic mass is 16.5. The number of ether oxygens (including phenoxy) is 1. The van der Waals surface area contributed by atoms with E-state index >= 15 is 0 Å². The molecular weight excluding hydrogens is 290 g/mol. The van der Waals surface area contributed by atoms with Crippen molar-refractivity contribution in [1.82, 2.24) is 15.5 Å². The van der Waals surface area contributed by atoms with Gasteiger partial charge in [-0.1, -0.05) is 32.6 Å². The van der Waals surface area contributed by atoms with Gasteiger partial charge in [0.2, 0.25) is 0 Å². The molecule has 3 fully saturated rings. The summed E-state index contributed by atoms with van der Waals surface area (Å²) in [6.45, 7) is 4.91. The van der Waals surface area contributed by atoms with Gasteiger partial charge in [-0.3, -0.25) is 9.89 Å². The Morgan fingerprint density at radius 2 is 2.13 bits per heavy atom. The van der Waals surface area contributed by atoms with Crippen molar-refractivity contribution in [3.8, 4) is 0 Å². The van der Waals surface area contributed by atoms with E-state index in [2.05, 4.69) is 22.4 Å². The molecule has 0 bridgehead atoms. The van der Waals surface area contributed by atoms with Gasteiger partial charge in [0.25, 0.3) is 5.91 Å². The average molecular weight is 317 g/mol. The largest absolute Gasteiger partial charge is 0.377 e. The summed E-state index contributed by atoms with van der Waals surface area (Å²) in [5, 5.41) is 10.5. The van der Waals surface area contributed by atoms with Crippen molar-refractivity contribution in [3.05, 3.63) is 17.0 Å². The van der Waals surface area contributed by atoms with Gasteiger partial charge in [0, 0.05) is 35.7 Å². The summed E-state index contributed by atoms with van der Waals surface area (Å²) in [6, 6.07) is 0.277. The van der Waals surface area contributed by atoms with Crippen LogP contribution < -0.4 is 5.32 Å². The number of carbonyl (C=O) groups is 1. The van der Waals surface area contributed by atoms with Gasteiger partial charge in [0.1, 0.15) is 0 Å². The smallest absolute Gasteiger partial charge is 0.272 e. The quantitative estimate of drug-likeness (QED) is 0.897. The molecule has 4 rings (SSSR count). The second kappa shape index (κ2) is 5.93. The van der Waals surface area contributed by atoms with Crippen molar-refractivity contribution >= 4 is 5.91 Å². The minimum absolute atomic E-state index is 0.0169. The lowest BCUT2D eigenvalue weighted by molar-refractivity contribution is -0.0784. The lowest BCUT2D eigenvalue weighted by Gasteiger charge is -2.50. The molecule has 1 amide bonds. The maximum atomic E-state index is 12.7. The molecule has 2 saturated carbocycles. The van der Waals surface area contributed by atoms with E-state index in [1.807, 2.05) is 6.92 Å². The normalized spacial score (nSPS) is 33.5. The fourth-order valence-corrected chi connectivity index (χ4v) is 5.08. The summed E-state index contributed by atoms with van der Waals surface area (Å²) in [5.74, 6) is 1.73. The van der Waals surface area contributed by atoms with Gasteiger partial charge in [-0.25, -0.2) is 0 Å². The number of nitrogens with one attached hydrogen (secondary N) is 2. The Kier molecular flexibility index (Phi) is 3.92. The first kappa shape index (κ1) is 15.2. The van der Waals surface area contributed by atoms with Crippen LogP contribution in [0.5, 0.6) is 0 Å². The van der Waals surface area contributed by atoms with Crippen molar-refractivity contribution in [2.24, 2.45) is 17.8 Å². The molecule has 4 atom stereocenters. The Labute approximate surface area is 137 Å². The van der Waals surface area contributed by atoms with Crippen LogP contribution in [0.25, 0.3) is 0 Å². The van der Waals surface area contributed by atoms with Crippen LogP contribution >= 0.6 is 0 Å². The number of carbonyl (C=O) groups excluding carboxylic acids is 1. The number of aromatic amines is 1. The number of nitrogens with zero attached hydrogens (tertiary/aromatic N) is 1. The van der Waals surface area contributed by atoms with E-state index < -0.39 is 0 Å². The maximum absolute atomic E-state index is 12.7. The second-order valence-electron chi connectivity index (χ2n) is 7.44. The molecule has 0 unspecified atom stereocenters. The molecule has 0 aromatic carbocycles. The van der Waals surface area contributed by atoms with Crippen LogP contribution in [-0.4, -0.2) is 34.9 Å². The summed E-state index contributed by atoms with van der Waals surface area (Å²) in [6.07, 6.45) is 7.60. The second-order valence-corrected chi connectivity index (χ2v) is 7.44. The first-order valence-electron chi connectivity index (χ1n) is 9.17. The number of rotatable bonds is 4. The molecule has 2 N–H and O–H groups in total. The van der Waals surface area contributed by atoms with E-state index in [0.717, 1.165) is 36.6 Å². The van der Waals surface area contributed by atoms with Gasteiger partial charge >= 0.3 is 0 Å². The summed E-state index contributed by atoms with van der Waals surface area (Å²) < 4.78 is 5.97. The first-order chi connectivity index (χ1) is 11.2. The van der Waals surface area contributed by atoms with Gasteiger partial charge in [-0.2, -0.15) is 5.10 Å². The van der Waals surface area contributed by atoms with Crippen LogP contribution in [0.2, 0.25) is 0 Å². The molecular formula is C18H27N3O2. The van der Waals surface area contributed by atoms with Gasteiger partial charge in [0.15, 0.2) is 5.69 Å². The Morgan fingerprint density at radius 1 is 1.35 bits per heavy atom. The number of H-pyrrole nitrogens is 1. The number of aryl methyl sites for hydroxylation is 1. The SMILES string of the molecule is CCc1[nH]nc(C(=O)N[C@H]2[C@H]3CCO[C@H]3[C@H]2C2CCCC2)c1C. The molecule has 1 saturated heterocycles. The fourth-order valence-electron chi connectivity index (χ4n) is 5.08. The lowest BCUT2D eigenvalue weighted by atomic mass is 9.61. The average Bonchev–Trinajstić information content (AvgIpc) is 3.26. The van der Waals surface area contributed by atoms with Crippen molar-refractivity contribution < 1.29 is 9.53 Å². The number of amides is 1. The third-order valence-electron chi connectivity index (χ3n) is 6.36. The van der Waals surface area contributed by atoms with Gasteiger partial charge < -0.3 is 10.1 Å². The van der Waals surface area contributed by atoms with Crippen molar-refractivity contribution in [1.29, 1.82) is 0 Å². The summed E-state index contributed by atoms with van der Waals surface area (Å²) in [5.41, 5.74) is 2.61. The van der Waals surface area contributed by atoms with E-state index in [9.17, 15) is 4.79 Å². The van der Waals surface area contributed by atoms with Crippen molar-refractivity contribution in [2.45, 2.75) is 64.5 Å². The zero-order valence-electron chi connectivity index (χ0n) is 14.1. The molecule has 5 nitrogen and oxygen atoms in total. The molecule has 3 aliphatic rings. The Balaban J connectivity index is 1.49. The molecule has 1 aromatic rings. The minimum atomic E-state index is -0.0169. The fraction of sp³-hybridized carbons (Fsp3) is 0.778. The molecule has 126 valence electrons. The van der Waals surface area contributed by atoms with Gasteiger partial charge in [-0.15, -0.1) is 0 Å². The molecule has 2 heterocycles. The van der Waals surface area contributed by atoms with E-state index in [4.69, 9.17) is 4.74 Å². The maximum Gasteiger partial charge on any atom is 0.272 e. The molecule has 2 aliphatic carbocycles. The highest BCUT2D eigenvalue weighted by molar-refractivity contribution is 5.94. The first-order valence-corrected chi connectivity index (χ1v) is 9.17. The topological polar surface area (TPSA) is 67.0 Å². The van der Waals surface area contributed by atoms with Crippen LogP contribution in [0.4, 0.5) is 0 Å². The molecule has 0 spiro atoms. The van der Waals surface area contributed by atoms with E-state index in [1.165, 1.54) is 25.7 Å². The van der Waals surface area contributed by atoms with Crippen LogP contribution in [-0.2, 0) is 11.2 Å². The number of aromatic nitrogens is 2. The van der Waals surface area contributed by atoms with Crippen LogP contribution in [0.3, 0.4) is 0 Å². The molecule has 1 aliphatic heterocycles. The molecule has 23 heavy (non-hydrogen) atoms. The Hall–Kier alpha value is -1.36. The van der Waals surface area contributed by atoms with Crippen molar-refractivity contribution in [2.75, 3.05) is 6.61 Å². The van der Waals surface area contributed by atoms with Crippen LogP contribution in [0.1, 0.15) is 60.8 Å². The molecule has 0 radical (unpaired) electrons. The summed E-state index contributed by atoms with van der Waals surface area (Å²) in [4.78, 5) is 12.7. The van der Waals surface area contributed by atoms with E-state index in [1.54, 1.807) is 0 Å².